The van der Waals surface area contributed by atoms with E-state index >= 15 is 0 Å². The van der Waals surface area contributed by atoms with E-state index in [9.17, 15) is 9.90 Å². The molecule has 19 heavy (non-hydrogen) atoms. The van der Waals surface area contributed by atoms with Crippen LogP contribution in [0.4, 0.5) is 5.69 Å². The van der Waals surface area contributed by atoms with Gasteiger partial charge in [-0.25, -0.2) is 0 Å². The van der Waals surface area contributed by atoms with Gasteiger partial charge in [0.2, 0.25) is 0 Å². The number of aromatic hydroxyl groups is 1. The van der Waals surface area contributed by atoms with Gasteiger partial charge in [-0.2, -0.15) is 0 Å². The molecule has 0 amide bonds. The second-order valence-corrected chi connectivity index (χ2v) is 5.16. The molecule has 2 rings (SSSR count). The van der Waals surface area contributed by atoms with E-state index in [-0.39, 0.29) is 17.5 Å². The molecule has 0 atom stereocenters. The number of methoxy groups -OCH3 is 1. The van der Waals surface area contributed by atoms with Crippen molar-refractivity contribution in [3.05, 3.63) is 17.7 Å². The number of carbonyl (C=O) groups excluding carboxylic acids is 1. The highest BCUT2D eigenvalue weighted by molar-refractivity contribution is 6.03. The minimum atomic E-state index is -0.0336. The molecule has 0 bridgehead atoms. The maximum absolute atomic E-state index is 12.5. The molecular formula is C15H21NO3. The van der Waals surface area contributed by atoms with Crippen LogP contribution in [0.25, 0.3) is 0 Å². The van der Waals surface area contributed by atoms with Gasteiger partial charge in [-0.15, -0.1) is 0 Å². The summed E-state index contributed by atoms with van der Waals surface area (Å²) in [6.07, 6.45) is 6.44. The Morgan fingerprint density at radius 2 is 1.89 bits per heavy atom. The van der Waals surface area contributed by atoms with Crippen LogP contribution < -0.4 is 10.5 Å². The van der Waals surface area contributed by atoms with Crippen LogP contribution in [0.1, 0.15) is 48.9 Å². The average Bonchev–Trinajstić information content (AvgIpc) is 2.69. The summed E-state index contributed by atoms with van der Waals surface area (Å²) in [5.41, 5.74) is 6.70. The summed E-state index contributed by atoms with van der Waals surface area (Å²) >= 11 is 0. The highest BCUT2D eigenvalue weighted by Gasteiger charge is 2.24. The fourth-order valence-corrected chi connectivity index (χ4v) is 2.72. The molecule has 3 N–H and O–H groups in total. The molecule has 0 unspecified atom stereocenters. The van der Waals surface area contributed by atoms with Crippen LogP contribution in [0.5, 0.6) is 11.5 Å². The summed E-state index contributed by atoms with van der Waals surface area (Å²) in [5.74, 6) is 0.360. The molecule has 1 saturated carbocycles. The minimum Gasteiger partial charge on any atom is -0.504 e. The van der Waals surface area contributed by atoms with Crippen molar-refractivity contribution < 1.29 is 14.6 Å². The van der Waals surface area contributed by atoms with E-state index < -0.39 is 0 Å². The van der Waals surface area contributed by atoms with Gasteiger partial charge < -0.3 is 15.6 Å². The lowest BCUT2D eigenvalue weighted by atomic mass is 9.90. The van der Waals surface area contributed by atoms with Gasteiger partial charge in [0.25, 0.3) is 0 Å². The van der Waals surface area contributed by atoms with Gasteiger partial charge in [-0.1, -0.05) is 25.7 Å². The van der Waals surface area contributed by atoms with Crippen molar-refractivity contribution in [1.82, 2.24) is 0 Å². The van der Waals surface area contributed by atoms with E-state index in [0.29, 0.717) is 17.0 Å². The lowest BCUT2D eigenvalue weighted by Crippen LogP contribution is -2.15. The maximum Gasteiger partial charge on any atom is 0.168 e. The maximum atomic E-state index is 12.5. The number of Topliss-reactive ketones (excluding diaryl/α,β-unsaturated/α-hetero) is 1. The Balaban J connectivity index is 2.25. The Labute approximate surface area is 113 Å². The Morgan fingerprint density at radius 1 is 1.26 bits per heavy atom. The number of nitrogen functional groups attached to an aromatic ring is 1. The fraction of sp³-hybridized carbons (Fsp3) is 0.533. The standard InChI is InChI=1S/C15H21NO3/c1-19-14-9-12(16)11(8-13(14)17)15(18)10-6-4-2-3-5-7-10/h8-10,17H,2-7,16H2,1H3. The molecule has 1 fully saturated rings. The SMILES string of the molecule is COc1cc(N)c(C(=O)C2CCCCCC2)cc1O. The smallest absolute Gasteiger partial charge is 0.168 e. The average molecular weight is 263 g/mol. The largest absolute Gasteiger partial charge is 0.504 e. The summed E-state index contributed by atoms with van der Waals surface area (Å²) in [6, 6.07) is 2.95. The molecule has 104 valence electrons. The first-order chi connectivity index (χ1) is 9.13. The van der Waals surface area contributed by atoms with Gasteiger partial charge in [0.05, 0.1) is 7.11 Å². The van der Waals surface area contributed by atoms with Gasteiger partial charge in [0, 0.05) is 23.2 Å². The number of anilines is 1. The minimum absolute atomic E-state index is 0.0336. The second kappa shape index (κ2) is 5.95. The summed E-state index contributed by atoms with van der Waals surface area (Å²) in [5, 5.41) is 9.79. The molecule has 1 aromatic rings. The quantitative estimate of drug-likeness (QED) is 0.380. The predicted molar refractivity (Wildman–Crippen MR) is 74.6 cm³/mol. The zero-order valence-electron chi connectivity index (χ0n) is 11.3. The number of ketones is 1. The Morgan fingerprint density at radius 3 is 2.47 bits per heavy atom. The third kappa shape index (κ3) is 3.00. The third-order valence-electron chi connectivity index (χ3n) is 3.84. The molecule has 1 aliphatic carbocycles. The molecule has 0 aliphatic heterocycles. The summed E-state index contributed by atoms with van der Waals surface area (Å²) < 4.78 is 4.98. The number of hydrogen-bond donors (Lipinski definition) is 2. The summed E-state index contributed by atoms with van der Waals surface area (Å²) in [6.45, 7) is 0. The lowest BCUT2D eigenvalue weighted by Gasteiger charge is -2.15. The van der Waals surface area contributed by atoms with Crippen LogP contribution in [-0.2, 0) is 0 Å². The zero-order valence-corrected chi connectivity index (χ0v) is 11.3. The van der Waals surface area contributed by atoms with Crippen molar-refractivity contribution in [2.45, 2.75) is 38.5 Å². The number of phenolic OH excluding ortho intramolecular Hbond substituents is 1. The Bertz CT molecular complexity index is 463. The number of nitrogens with two attached hydrogens (primary N) is 1. The van der Waals surface area contributed by atoms with Gasteiger partial charge in [0.15, 0.2) is 17.3 Å². The molecule has 4 nitrogen and oxygen atoms in total. The van der Waals surface area contributed by atoms with Crippen molar-refractivity contribution in [3.63, 3.8) is 0 Å². The molecule has 4 heteroatoms. The number of rotatable bonds is 3. The van der Waals surface area contributed by atoms with Crippen molar-refractivity contribution in [1.29, 1.82) is 0 Å². The van der Waals surface area contributed by atoms with E-state index in [1.807, 2.05) is 0 Å². The first kappa shape index (κ1) is 13.7. The van der Waals surface area contributed by atoms with Crippen LogP contribution in [0.15, 0.2) is 12.1 Å². The fourth-order valence-electron chi connectivity index (χ4n) is 2.72. The lowest BCUT2D eigenvalue weighted by molar-refractivity contribution is 0.0908. The van der Waals surface area contributed by atoms with Crippen LogP contribution >= 0.6 is 0 Å². The van der Waals surface area contributed by atoms with Crippen LogP contribution in [0, 0.1) is 5.92 Å². The van der Waals surface area contributed by atoms with E-state index in [1.165, 1.54) is 32.1 Å². The van der Waals surface area contributed by atoms with Crippen LogP contribution in [-0.4, -0.2) is 18.0 Å². The van der Waals surface area contributed by atoms with Crippen LogP contribution in [0.2, 0.25) is 0 Å². The molecule has 0 radical (unpaired) electrons. The van der Waals surface area contributed by atoms with Gasteiger partial charge in [-0.3, -0.25) is 4.79 Å². The molecule has 0 saturated heterocycles. The first-order valence-corrected chi connectivity index (χ1v) is 6.84. The molecule has 0 aromatic heterocycles. The molecule has 1 aliphatic rings. The van der Waals surface area contributed by atoms with E-state index in [2.05, 4.69) is 0 Å². The second-order valence-electron chi connectivity index (χ2n) is 5.16. The molecular weight excluding hydrogens is 242 g/mol. The summed E-state index contributed by atoms with van der Waals surface area (Å²) in [4.78, 5) is 12.5. The van der Waals surface area contributed by atoms with E-state index in [0.717, 1.165) is 25.7 Å². The highest BCUT2D eigenvalue weighted by Crippen LogP contribution is 2.34. The number of phenols is 1. The first-order valence-electron chi connectivity index (χ1n) is 6.84. The number of carbonyl (C=O) groups is 1. The van der Waals surface area contributed by atoms with Crippen molar-refractivity contribution in [2.24, 2.45) is 5.92 Å². The number of hydrogen-bond acceptors (Lipinski definition) is 4. The normalized spacial score (nSPS) is 16.9. The van der Waals surface area contributed by atoms with Crippen molar-refractivity contribution in [3.8, 4) is 11.5 Å². The van der Waals surface area contributed by atoms with Crippen LogP contribution in [0.3, 0.4) is 0 Å². The molecule has 0 heterocycles. The van der Waals surface area contributed by atoms with Gasteiger partial charge in [-0.05, 0) is 18.9 Å². The van der Waals surface area contributed by atoms with E-state index in [1.54, 1.807) is 0 Å². The molecule has 1 aromatic carbocycles. The highest BCUT2D eigenvalue weighted by atomic mass is 16.5. The van der Waals surface area contributed by atoms with Gasteiger partial charge in [0.1, 0.15) is 0 Å². The third-order valence-corrected chi connectivity index (χ3v) is 3.84. The number of benzene rings is 1. The van der Waals surface area contributed by atoms with Gasteiger partial charge >= 0.3 is 0 Å². The molecule has 0 spiro atoms. The summed E-state index contributed by atoms with van der Waals surface area (Å²) in [7, 11) is 1.46. The topological polar surface area (TPSA) is 72.5 Å². The van der Waals surface area contributed by atoms with Crippen molar-refractivity contribution in [2.75, 3.05) is 12.8 Å². The number of ether oxygens (including phenoxy) is 1. The monoisotopic (exact) mass is 263 g/mol. The predicted octanol–water partition coefficient (Wildman–Crippen LogP) is 3.14. The van der Waals surface area contributed by atoms with Crippen molar-refractivity contribution >= 4 is 11.5 Å². The van der Waals surface area contributed by atoms with E-state index in [4.69, 9.17) is 10.5 Å². The Kier molecular flexibility index (Phi) is 4.30. The zero-order chi connectivity index (χ0) is 13.8. The Hall–Kier alpha value is -1.71.